The Bertz CT molecular complexity index is 1150. The van der Waals surface area contributed by atoms with Crippen LogP contribution in [-0.4, -0.2) is 25.0 Å². The molecule has 2 aliphatic heterocycles. The van der Waals surface area contributed by atoms with E-state index in [2.05, 4.69) is 5.32 Å². The number of benzene rings is 2. The molecule has 0 fully saturated rings. The second-order valence-corrected chi connectivity index (χ2v) is 8.40. The summed E-state index contributed by atoms with van der Waals surface area (Å²) < 4.78 is 25.0. The van der Waals surface area contributed by atoms with Gasteiger partial charge in [0.05, 0.1) is 12.5 Å². The fraction of sp³-hybridized carbons (Fsp3) is 0.217. The Labute approximate surface area is 182 Å². The Hall–Kier alpha value is -3.39. The van der Waals surface area contributed by atoms with E-state index in [0.717, 1.165) is 4.88 Å². The Kier molecular flexibility index (Phi) is 5.07. The lowest BCUT2D eigenvalue weighted by Gasteiger charge is -2.31. The number of nitrogens with zero attached hydrogens (tertiary/aromatic N) is 1. The zero-order valence-corrected chi connectivity index (χ0v) is 17.3. The van der Waals surface area contributed by atoms with Crippen molar-refractivity contribution in [3.8, 4) is 11.5 Å². The number of carbonyl (C=O) groups excluding carboxylic acids is 2. The Morgan fingerprint density at radius 2 is 1.97 bits per heavy atom. The summed E-state index contributed by atoms with van der Waals surface area (Å²) in [6.45, 7) is 1.27. The number of nitrogens with one attached hydrogen (secondary N) is 1. The number of thiophene rings is 1. The van der Waals surface area contributed by atoms with Crippen LogP contribution in [0.1, 0.15) is 22.8 Å². The molecule has 0 unspecified atom stereocenters. The molecule has 0 bridgehead atoms. The van der Waals surface area contributed by atoms with Crippen LogP contribution in [0.5, 0.6) is 11.5 Å². The Morgan fingerprint density at radius 1 is 1.13 bits per heavy atom. The lowest BCUT2D eigenvalue weighted by atomic mass is 9.89. The largest absolute Gasteiger partial charge is 0.486 e. The second kappa shape index (κ2) is 8.03. The molecule has 2 aliphatic rings. The van der Waals surface area contributed by atoms with E-state index in [1.54, 1.807) is 34.4 Å². The standard InChI is InChI=1S/C23H19FN2O4S/c24-14-3-5-17-18(12-22(27)25-19(17)10-14)23(28)26(13-16-2-1-9-31-16)15-4-6-20-21(11-15)30-8-7-29-20/h1-6,9-11,18H,7-8,12-13H2,(H,25,27)/t18-/m1/s1. The van der Waals surface area contributed by atoms with Crippen LogP contribution in [-0.2, 0) is 16.1 Å². The number of hydrogen-bond acceptors (Lipinski definition) is 5. The summed E-state index contributed by atoms with van der Waals surface area (Å²) in [5.41, 5.74) is 1.60. The van der Waals surface area contributed by atoms with Crippen LogP contribution in [0.3, 0.4) is 0 Å². The lowest BCUT2D eigenvalue weighted by molar-refractivity contribution is -0.124. The highest BCUT2D eigenvalue weighted by Crippen LogP contribution is 2.38. The quantitative estimate of drug-likeness (QED) is 0.659. The summed E-state index contributed by atoms with van der Waals surface area (Å²) in [5.74, 6) is -0.498. The van der Waals surface area contributed by atoms with E-state index in [1.807, 2.05) is 23.6 Å². The summed E-state index contributed by atoms with van der Waals surface area (Å²) in [6.07, 6.45) is 0.00293. The van der Waals surface area contributed by atoms with E-state index < -0.39 is 11.7 Å². The van der Waals surface area contributed by atoms with Crippen molar-refractivity contribution in [3.63, 3.8) is 0 Å². The Morgan fingerprint density at radius 3 is 2.77 bits per heavy atom. The van der Waals surface area contributed by atoms with Crippen LogP contribution in [0.2, 0.25) is 0 Å². The second-order valence-electron chi connectivity index (χ2n) is 7.37. The van der Waals surface area contributed by atoms with Crippen LogP contribution in [0, 0.1) is 5.82 Å². The molecule has 158 valence electrons. The molecule has 1 N–H and O–H groups in total. The zero-order valence-electron chi connectivity index (χ0n) is 16.5. The third-order valence-electron chi connectivity index (χ3n) is 5.35. The predicted molar refractivity (Wildman–Crippen MR) is 115 cm³/mol. The van der Waals surface area contributed by atoms with Crippen LogP contribution in [0.25, 0.3) is 0 Å². The number of halogens is 1. The van der Waals surface area contributed by atoms with E-state index >= 15 is 0 Å². The highest BCUT2D eigenvalue weighted by Gasteiger charge is 2.35. The highest BCUT2D eigenvalue weighted by atomic mass is 32.1. The van der Waals surface area contributed by atoms with E-state index in [9.17, 15) is 14.0 Å². The summed E-state index contributed by atoms with van der Waals surface area (Å²) >= 11 is 1.55. The maximum absolute atomic E-state index is 13.8. The molecule has 0 saturated heterocycles. The SMILES string of the molecule is O=C1C[C@@H](C(=O)N(Cc2cccs2)c2ccc3c(c2)OCCO3)c2ccc(F)cc2N1. The number of hydrogen-bond donors (Lipinski definition) is 1. The average Bonchev–Trinajstić information content (AvgIpc) is 3.29. The first-order chi connectivity index (χ1) is 15.1. The van der Waals surface area contributed by atoms with Gasteiger partial charge in [0.15, 0.2) is 11.5 Å². The minimum Gasteiger partial charge on any atom is -0.486 e. The van der Waals surface area contributed by atoms with Crippen molar-refractivity contribution in [3.05, 3.63) is 70.2 Å². The van der Waals surface area contributed by atoms with Crippen molar-refractivity contribution in [1.82, 2.24) is 0 Å². The van der Waals surface area contributed by atoms with Crippen LogP contribution >= 0.6 is 11.3 Å². The van der Waals surface area contributed by atoms with Crippen LogP contribution < -0.4 is 19.7 Å². The van der Waals surface area contributed by atoms with Gasteiger partial charge in [-0.15, -0.1) is 11.3 Å². The number of fused-ring (bicyclic) bond motifs is 2. The fourth-order valence-electron chi connectivity index (χ4n) is 3.90. The van der Waals surface area contributed by atoms with E-state index in [1.165, 1.54) is 12.1 Å². The molecule has 1 atom stereocenters. The van der Waals surface area contributed by atoms with Crippen molar-refractivity contribution < 1.29 is 23.5 Å². The van der Waals surface area contributed by atoms with Crippen LogP contribution in [0.15, 0.2) is 53.9 Å². The zero-order chi connectivity index (χ0) is 21.4. The molecule has 2 aromatic carbocycles. The molecule has 3 heterocycles. The van der Waals surface area contributed by atoms with Crippen LogP contribution in [0.4, 0.5) is 15.8 Å². The molecule has 3 aromatic rings. The maximum atomic E-state index is 13.8. The molecule has 8 heteroatoms. The van der Waals surface area contributed by atoms with Gasteiger partial charge in [-0.1, -0.05) is 12.1 Å². The summed E-state index contributed by atoms with van der Waals surface area (Å²) in [7, 11) is 0. The first-order valence-corrected chi connectivity index (χ1v) is 10.8. The first kappa shape index (κ1) is 19.6. The normalized spacial score (nSPS) is 16.9. The maximum Gasteiger partial charge on any atom is 0.235 e. The number of carbonyl (C=O) groups is 2. The molecule has 0 saturated carbocycles. The molecular weight excluding hydrogens is 419 g/mol. The fourth-order valence-corrected chi connectivity index (χ4v) is 4.59. The third-order valence-corrected chi connectivity index (χ3v) is 6.21. The van der Waals surface area contributed by atoms with Gasteiger partial charge in [-0.05, 0) is 41.3 Å². The monoisotopic (exact) mass is 438 g/mol. The van der Waals surface area contributed by atoms with Gasteiger partial charge in [-0.25, -0.2) is 4.39 Å². The molecule has 6 nitrogen and oxygen atoms in total. The molecule has 0 spiro atoms. The van der Waals surface area contributed by atoms with Crippen molar-refractivity contribution >= 4 is 34.5 Å². The summed E-state index contributed by atoms with van der Waals surface area (Å²) in [6, 6.07) is 13.4. The number of rotatable bonds is 4. The molecule has 0 aliphatic carbocycles. The van der Waals surface area contributed by atoms with Crippen molar-refractivity contribution in [2.75, 3.05) is 23.4 Å². The number of amides is 2. The molecule has 31 heavy (non-hydrogen) atoms. The van der Waals surface area contributed by atoms with Crippen molar-refractivity contribution in [1.29, 1.82) is 0 Å². The van der Waals surface area contributed by atoms with E-state index in [4.69, 9.17) is 9.47 Å². The van der Waals surface area contributed by atoms with Gasteiger partial charge < -0.3 is 19.7 Å². The lowest BCUT2D eigenvalue weighted by Crippen LogP contribution is -2.38. The summed E-state index contributed by atoms with van der Waals surface area (Å²) in [4.78, 5) is 28.7. The average molecular weight is 438 g/mol. The van der Waals surface area contributed by atoms with Gasteiger partial charge in [0.1, 0.15) is 19.0 Å². The third kappa shape index (κ3) is 3.86. The molecule has 5 rings (SSSR count). The minimum atomic E-state index is -0.711. The molecule has 1 aromatic heterocycles. The summed E-state index contributed by atoms with van der Waals surface area (Å²) in [5, 5.41) is 4.62. The van der Waals surface area contributed by atoms with Gasteiger partial charge in [-0.2, -0.15) is 0 Å². The molecule has 2 amide bonds. The topological polar surface area (TPSA) is 67.9 Å². The van der Waals surface area contributed by atoms with Gasteiger partial charge in [-0.3, -0.25) is 9.59 Å². The van der Waals surface area contributed by atoms with Gasteiger partial charge >= 0.3 is 0 Å². The Balaban J connectivity index is 1.54. The van der Waals surface area contributed by atoms with E-state index in [0.29, 0.717) is 48.2 Å². The number of anilines is 2. The highest BCUT2D eigenvalue weighted by molar-refractivity contribution is 7.09. The smallest absolute Gasteiger partial charge is 0.235 e. The van der Waals surface area contributed by atoms with Gasteiger partial charge in [0.2, 0.25) is 11.8 Å². The predicted octanol–water partition coefficient (Wildman–Crippen LogP) is 4.32. The first-order valence-electron chi connectivity index (χ1n) is 9.91. The number of ether oxygens (including phenoxy) is 2. The minimum absolute atomic E-state index is 0.00293. The van der Waals surface area contributed by atoms with Gasteiger partial charge in [0, 0.05) is 28.7 Å². The van der Waals surface area contributed by atoms with E-state index in [-0.39, 0.29) is 18.2 Å². The van der Waals surface area contributed by atoms with Crippen molar-refractivity contribution in [2.45, 2.75) is 18.9 Å². The molecular formula is C23H19FN2O4S. The van der Waals surface area contributed by atoms with Crippen molar-refractivity contribution in [2.24, 2.45) is 0 Å². The molecule has 0 radical (unpaired) electrons. The van der Waals surface area contributed by atoms with Gasteiger partial charge in [0.25, 0.3) is 0 Å².